The standard InChI is InChI=1S/C14H11FN4S/c15-11-3-1-2-4-13(11)19-14(17)10(7-16)9-5-6-20-8-12(9)18-19/h1-4,17H,5-6,8H2. The fraction of sp³-hybridized carbons (Fsp3) is 0.214. The van der Waals surface area contributed by atoms with Crippen molar-refractivity contribution in [2.75, 3.05) is 5.75 Å². The maximum Gasteiger partial charge on any atom is 0.165 e. The molecule has 6 heteroatoms. The average Bonchev–Trinajstić information content (AvgIpc) is 2.47. The van der Waals surface area contributed by atoms with Crippen molar-refractivity contribution in [2.45, 2.75) is 12.2 Å². The number of thioether (sulfide) groups is 1. The van der Waals surface area contributed by atoms with Crippen LogP contribution in [0.25, 0.3) is 5.69 Å². The van der Waals surface area contributed by atoms with Gasteiger partial charge in [0.05, 0.1) is 5.69 Å². The van der Waals surface area contributed by atoms with Gasteiger partial charge in [0.1, 0.15) is 23.1 Å². The molecule has 1 aliphatic rings. The lowest BCUT2D eigenvalue weighted by atomic mass is 10.1. The first kappa shape index (κ1) is 12.9. The molecule has 0 fully saturated rings. The first-order valence-corrected chi connectivity index (χ1v) is 7.30. The van der Waals surface area contributed by atoms with Gasteiger partial charge >= 0.3 is 0 Å². The van der Waals surface area contributed by atoms with Crippen LogP contribution in [0.1, 0.15) is 16.8 Å². The van der Waals surface area contributed by atoms with Gasteiger partial charge in [-0.05, 0) is 29.9 Å². The van der Waals surface area contributed by atoms with Crippen LogP contribution in [0.15, 0.2) is 24.3 Å². The van der Waals surface area contributed by atoms with Crippen LogP contribution in [0.4, 0.5) is 4.39 Å². The number of benzene rings is 1. The van der Waals surface area contributed by atoms with E-state index < -0.39 is 5.82 Å². The molecule has 0 radical (unpaired) electrons. The lowest BCUT2D eigenvalue weighted by Crippen LogP contribution is -2.29. The van der Waals surface area contributed by atoms with E-state index in [9.17, 15) is 9.65 Å². The lowest BCUT2D eigenvalue weighted by Gasteiger charge is -2.18. The summed E-state index contributed by atoms with van der Waals surface area (Å²) in [5.74, 6) is 1.16. The minimum Gasteiger partial charge on any atom is -0.282 e. The Hall–Kier alpha value is -2.13. The highest BCUT2D eigenvalue weighted by Gasteiger charge is 2.20. The normalized spacial score (nSPS) is 13.6. The molecule has 1 aliphatic heterocycles. The minimum atomic E-state index is -0.453. The molecule has 0 spiro atoms. The number of hydrogen-bond donors (Lipinski definition) is 1. The predicted molar refractivity (Wildman–Crippen MR) is 74.0 cm³/mol. The summed E-state index contributed by atoms with van der Waals surface area (Å²) < 4.78 is 15.1. The molecule has 2 aromatic rings. The van der Waals surface area contributed by atoms with Crippen LogP contribution in [0, 0.1) is 22.6 Å². The molecule has 4 nitrogen and oxygen atoms in total. The Bertz CT molecular complexity index is 776. The Labute approximate surface area is 119 Å². The Morgan fingerprint density at radius 2 is 2.20 bits per heavy atom. The number of nitrogens with one attached hydrogen (secondary N) is 1. The number of halogens is 1. The molecule has 0 amide bonds. The maximum atomic E-state index is 13.9. The molecule has 0 saturated carbocycles. The van der Waals surface area contributed by atoms with E-state index in [1.807, 2.05) is 0 Å². The van der Waals surface area contributed by atoms with E-state index >= 15 is 0 Å². The van der Waals surface area contributed by atoms with Crippen molar-refractivity contribution in [1.29, 1.82) is 10.7 Å². The lowest BCUT2D eigenvalue weighted by molar-refractivity contribution is 0.598. The Morgan fingerprint density at radius 1 is 1.40 bits per heavy atom. The zero-order valence-corrected chi connectivity index (χ0v) is 11.4. The monoisotopic (exact) mass is 286 g/mol. The summed E-state index contributed by atoms with van der Waals surface area (Å²) in [7, 11) is 0. The summed E-state index contributed by atoms with van der Waals surface area (Å²) in [5.41, 5.74) is 2.06. The molecule has 100 valence electrons. The van der Waals surface area contributed by atoms with Crippen molar-refractivity contribution in [2.24, 2.45) is 0 Å². The van der Waals surface area contributed by atoms with Crippen LogP contribution in [-0.4, -0.2) is 15.5 Å². The van der Waals surface area contributed by atoms with Crippen molar-refractivity contribution in [3.63, 3.8) is 0 Å². The number of para-hydroxylation sites is 1. The largest absolute Gasteiger partial charge is 0.282 e. The summed E-state index contributed by atoms with van der Waals surface area (Å²) in [4.78, 5) is 0. The third kappa shape index (κ3) is 2.00. The Kier molecular flexibility index (Phi) is 3.28. The van der Waals surface area contributed by atoms with Gasteiger partial charge in [0.25, 0.3) is 0 Å². The number of hydrogen-bond acceptors (Lipinski definition) is 4. The van der Waals surface area contributed by atoms with Crippen molar-refractivity contribution >= 4 is 11.8 Å². The SMILES string of the molecule is N#Cc1c2c(nn(-c3ccccc3F)c1=N)CSCC2. The van der Waals surface area contributed by atoms with Crippen molar-refractivity contribution < 1.29 is 4.39 Å². The van der Waals surface area contributed by atoms with Gasteiger partial charge < -0.3 is 0 Å². The third-order valence-corrected chi connectivity index (χ3v) is 4.22. The van der Waals surface area contributed by atoms with E-state index in [0.717, 1.165) is 23.4 Å². The van der Waals surface area contributed by atoms with Gasteiger partial charge in [0.15, 0.2) is 5.49 Å². The van der Waals surface area contributed by atoms with Crippen LogP contribution >= 0.6 is 11.8 Å². The van der Waals surface area contributed by atoms with Crippen LogP contribution in [0.3, 0.4) is 0 Å². The fourth-order valence-corrected chi connectivity index (χ4v) is 3.19. The van der Waals surface area contributed by atoms with Gasteiger partial charge in [-0.3, -0.25) is 5.41 Å². The molecule has 1 N–H and O–H groups in total. The topological polar surface area (TPSA) is 65.5 Å². The summed E-state index contributed by atoms with van der Waals surface area (Å²) in [6.45, 7) is 0. The molecule has 1 aromatic heterocycles. The van der Waals surface area contributed by atoms with Gasteiger partial charge in [-0.2, -0.15) is 22.1 Å². The third-order valence-electron chi connectivity index (χ3n) is 3.25. The van der Waals surface area contributed by atoms with E-state index in [0.29, 0.717) is 11.3 Å². The van der Waals surface area contributed by atoms with Gasteiger partial charge in [0.2, 0.25) is 0 Å². The Balaban J connectivity index is 2.31. The zero-order chi connectivity index (χ0) is 14.1. The second kappa shape index (κ2) is 5.10. The molecular formula is C14H11FN4S. The highest BCUT2D eigenvalue weighted by molar-refractivity contribution is 7.98. The van der Waals surface area contributed by atoms with E-state index in [1.165, 1.54) is 10.7 Å². The molecule has 1 aromatic carbocycles. The smallest absolute Gasteiger partial charge is 0.165 e. The summed E-state index contributed by atoms with van der Waals surface area (Å²) in [5, 5.41) is 21.8. The maximum absolute atomic E-state index is 13.9. The second-order valence-electron chi connectivity index (χ2n) is 4.43. The summed E-state index contributed by atoms with van der Waals surface area (Å²) >= 11 is 1.73. The molecule has 0 saturated heterocycles. The van der Waals surface area contributed by atoms with Crippen LogP contribution in [0.2, 0.25) is 0 Å². The quantitative estimate of drug-likeness (QED) is 0.873. The van der Waals surface area contributed by atoms with Gasteiger partial charge in [-0.1, -0.05) is 12.1 Å². The van der Waals surface area contributed by atoms with Gasteiger partial charge in [0, 0.05) is 5.75 Å². The second-order valence-corrected chi connectivity index (χ2v) is 5.53. The van der Waals surface area contributed by atoms with Crippen LogP contribution in [0.5, 0.6) is 0 Å². The Morgan fingerprint density at radius 3 is 2.95 bits per heavy atom. The number of nitrogens with zero attached hydrogens (tertiary/aromatic N) is 3. The van der Waals surface area contributed by atoms with Gasteiger partial charge in [-0.15, -0.1) is 0 Å². The van der Waals surface area contributed by atoms with E-state index in [1.54, 1.807) is 30.0 Å². The van der Waals surface area contributed by atoms with Crippen molar-refractivity contribution in [3.8, 4) is 11.8 Å². The predicted octanol–water partition coefficient (Wildman–Crippen LogP) is 2.15. The fourth-order valence-electron chi connectivity index (χ4n) is 2.27. The molecular weight excluding hydrogens is 275 g/mol. The van der Waals surface area contributed by atoms with E-state index in [-0.39, 0.29) is 11.2 Å². The number of fused-ring (bicyclic) bond motifs is 1. The summed E-state index contributed by atoms with van der Waals surface area (Å²) in [6.07, 6.45) is 0.736. The molecule has 20 heavy (non-hydrogen) atoms. The molecule has 2 heterocycles. The number of nitriles is 1. The average molecular weight is 286 g/mol. The number of rotatable bonds is 1. The molecule has 0 atom stereocenters. The van der Waals surface area contributed by atoms with Gasteiger partial charge in [-0.25, -0.2) is 9.07 Å². The first-order chi connectivity index (χ1) is 9.72. The van der Waals surface area contributed by atoms with Crippen LogP contribution in [-0.2, 0) is 12.2 Å². The molecule has 0 bridgehead atoms. The number of aromatic nitrogens is 2. The first-order valence-electron chi connectivity index (χ1n) is 6.15. The van der Waals surface area contributed by atoms with Crippen molar-refractivity contribution in [1.82, 2.24) is 9.78 Å². The zero-order valence-electron chi connectivity index (χ0n) is 10.6. The van der Waals surface area contributed by atoms with Crippen molar-refractivity contribution in [3.05, 3.63) is 52.4 Å². The minimum absolute atomic E-state index is 0.0525. The molecule has 0 unspecified atom stereocenters. The highest BCUT2D eigenvalue weighted by atomic mass is 32.2. The van der Waals surface area contributed by atoms with E-state index in [4.69, 9.17) is 5.41 Å². The summed E-state index contributed by atoms with van der Waals surface area (Å²) in [6, 6.07) is 8.23. The van der Waals surface area contributed by atoms with E-state index in [2.05, 4.69) is 11.2 Å². The molecule has 3 rings (SSSR count). The molecule has 0 aliphatic carbocycles. The highest BCUT2D eigenvalue weighted by Crippen LogP contribution is 2.24. The van der Waals surface area contributed by atoms with Crippen LogP contribution < -0.4 is 5.49 Å².